The van der Waals surface area contributed by atoms with Gasteiger partial charge in [0.25, 0.3) is 0 Å². The minimum Gasteiger partial charge on any atom is -0.481 e. The number of hydrogen-bond acceptors (Lipinski definition) is 2. The van der Waals surface area contributed by atoms with Crippen LogP contribution in [0.25, 0.3) is 0 Å². The summed E-state index contributed by atoms with van der Waals surface area (Å²) in [5, 5.41) is 16.3. The van der Waals surface area contributed by atoms with Crippen molar-refractivity contribution < 1.29 is 9.90 Å². The fraction of sp³-hybridized carbons (Fsp3) is 0.833. The molecule has 0 aliphatic carbocycles. The summed E-state index contributed by atoms with van der Waals surface area (Å²) in [5.74, 6) is -0.831. The van der Waals surface area contributed by atoms with E-state index >= 15 is 0 Å². The second kappa shape index (κ2) is 13.0. The maximum Gasteiger partial charge on any atom is 0.306 e. The largest absolute Gasteiger partial charge is 0.481 e. The van der Waals surface area contributed by atoms with Gasteiger partial charge in [-0.25, -0.2) is 0 Å². The van der Waals surface area contributed by atoms with E-state index in [9.17, 15) is 4.79 Å². The van der Waals surface area contributed by atoms with E-state index in [-0.39, 0.29) is 5.92 Å². The van der Waals surface area contributed by atoms with Crippen molar-refractivity contribution in [2.75, 3.05) is 0 Å². The van der Waals surface area contributed by atoms with Crippen LogP contribution in [-0.4, -0.2) is 11.1 Å². The summed E-state index contributed by atoms with van der Waals surface area (Å²) >= 11 is 0. The zero-order valence-corrected chi connectivity index (χ0v) is 10.1. The van der Waals surface area contributed by atoms with E-state index in [0.717, 1.165) is 32.1 Å². The molecule has 1 N–H and O–H groups in total. The average molecular weight is 213 g/mol. The Balaban J connectivity index is 0. The van der Waals surface area contributed by atoms with Crippen LogP contribution >= 0.6 is 0 Å². The standard InChI is InChI=1S/C8H16O2.C4H7N/c1-3-4-5-6-7(2)8(9)10;1-2-3-4-5/h7H,3-6H2,1-2H3,(H,9,10);2-3H2,1H3. The van der Waals surface area contributed by atoms with Gasteiger partial charge in [-0.3, -0.25) is 4.79 Å². The summed E-state index contributed by atoms with van der Waals surface area (Å²) < 4.78 is 0. The van der Waals surface area contributed by atoms with Crippen LogP contribution in [0.3, 0.4) is 0 Å². The lowest BCUT2D eigenvalue weighted by molar-refractivity contribution is -0.141. The Morgan fingerprint density at radius 2 is 1.93 bits per heavy atom. The van der Waals surface area contributed by atoms with Crippen LogP contribution in [0.15, 0.2) is 0 Å². The van der Waals surface area contributed by atoms with Crippen molar-refractivity contribution >= 4 is 5.97 Å². The third kappa shape index (κ3) is 15.7. The number of aliphatic carboxylic acids is 1. The first-order chi connectivity index (χ1) is 7.09. The maximum atomic E-state index is 10.3. The molecule has 0 saturated carbocycles. The van der Waals surface area contributed by atoms with Gasteiger partial charge in [0.1, 0.15) is 0 Å². The van der Waals surface area contributed by atoms with E-state index in [1.54, 1.807) is 6.92 Å². The molecule has 0 aliphatic heterocycles. The lowest BCUT2D eigenvalue weighted by atomic mass is 10.0. The van der Waals surface area contributed by atoms with Gasteiger partial charge in [-0.1, -0.05) is 40.0 Å². The average Bonchev–Trinajstić information content (AvgIpc) is 2.20. The summed E-state index contributed by atoms with van der Waals surface area (Å²) in [5.41, 5.74) is 0. The Kier molecular flexibility index (Phi) is 14.2. The van der Waals surface area contributed by atoms with Gasteiger partial charge < -0.3 is 5.11 Å². The number of unbranched alkanes of at least 4 members (excludes halogenated alkanes) is 3. The predicted octanol–water partition coefficient (Wildman–Crippen LogP) is 3.60. The quantitative estimate of drug-likeness (QED) is 0.686. The van der Waals surface area contributed by atoms with Crippen LogP contribution in [0.1, 0.15) is 59.3 Å². The summed E-state index contributed by atoms with van der Waals surface area (Å²) in [6.45, 7) is 5.87. The molecular formula is C12H23NO2. The van der Waals surface area contributed by atoms with Gasteiger partial charge in [0.2, 0.25) is 0 Å². The molecular weight excluding hydrogens is 190 g/mol. The van der Waals surface area contributed by atoms with Crippen LogP contribution in [0.2, 0.25) is 0 Å². The molecule has 0 aliphatic rings. The number of carboxylic acids is 1. The third-order valence-corrected chi connectivity index (χ3v) is 2.02. The number of rotatable bonds is 6. The molecule has 0 heterocycles. The van der Waals surface area contributed by atoms with Crippen molar-refractivity contribution in [2.45, 2.75) is 59.3 Å². The monoisotopic (exact) mass is 213 g/mol. The van der Waals surface area contributed by atoms with Gasteiger partial charge in [-0.05, 0) is 12.8 Å². The van der Waals surface area contributed by atoms with Gasteiger partial charge in [0.15, 0.2) is 0 Å². The zero-order chi connectivity index (χ0) is 12.1. The summed E-state index contributed by atoms with van der Waals surface area (Å²) in [6.07, 6.45) is 5.85. The van der Waals surface area contributed by atoms with E-state index in [2.05, 4.69) is 6.92 Å². The van der Waals surface area contributed by atoms with Gasteiger partial charge in [-0.2, -0.15) is 5.26 Å². The van der Waals surface area contributed by atoms with Gasteiger partial charge in [-0.15, -0.1) is 0 Å². The fourth-order valence-electron chi connectivity index (χ4n) is 0.936. The number of carbonyl (C=O) groups is 1. The zero-order valence-electron chi connectivity index (χ0n) is 10.1. The van der Waals surface area contributed by atoms with Crippen LogP contribution in [-0.2, 0) is 4.79 Å². The molecule has 0 rings (SSSR count). The molecule has 0 aromatic carbocycles. The van der Waals surface area contributed by atoms with Crippen LogP contribution in [0.5, 0.6) is 0 Å². The van der Waals surface area contributed by atoms with E-state index in [0.29, 0.717) is 6.42 Å². The number of nitrogens with zero attached hydrogens (tertiary/aromatic N) is 1. The predicted molar refractivity (Wildman–Crippen MR) is 61.5 cm³/mol. The molecule has 15 heavy (non-hydrogen) atoms. The van der Waals surface area contributed by atoms with E-state index < -0.39 is 5.97 Å². The Labute approximate surface area is 93.1 Å². The smallest absolute Gasteiger partial charge is 0.306 e. The fourth-order valence-corrected chi connectivity index (χ4v) is 0.936. The number of hydrogen-bond donors (Lipinski definition) is 1. The van der Waals surface area contributed by atoms with Crippen LogP contribution in [0, 0.1) is 17.2 Å². The highest BCUT2D eigenvalue weighted by Crippen LogP contribution is 2.08. The summed E-state index contributed by atoms with van der Waals surface area (Å²) in [6, 6.07) is 2.02. The molecule has 0 amide bonds. The molecule has 3 nitrogen and oxygen atoms in total. The molecule has 0 fully saturated rings. The summed E-state index contributed by atoms with van der Waals surface area (Å²) in [4.78, 5) is 10.3. The van der Waals surface area contributed by atoms with Gasteiger partial charge >= 0.3 is 5.97 Å². The number of nitriles is 1. The first-order valence-corrected chi connectivity index (χ1v) is 5.69. The molecule has 1 atom stereocenters. The van der Waals surface area contributed by atoms with Crippen molar-refractivity contribution in [3.05, 3.63) is 0 Å². The molecule has 0 aromatic rings. The molecule has 0 aromatic heterocycles. The van der Waals surface area contributed by atoms with E-state index in [4.69, 9.17) is 10.4 Å². The highest BCUT2D eigenvalue weighted by atomic mass is 16.4. The highest BCUT2D eigenvalue weighted by Gasteiger charge is 2.08. The van der Waals surface area contributed by atoms with Gasteiger partial charge in [0.05, 0.1) is 12.0 Å². The summed E-state index contributed by atoms with van der Waals surface area (Å²) in [7, 11) is 0. The van der Waals surface area contributed by atoms with E-state index in [1.165, 1.54) is 0 Å². The lowest BCUT2D eigenvalue weighted by Gasteiger charge is -2.03. The first-order valence-electron chi connectivity index (χ1n) is 5.69. The van der Waals surface area contributed by atoms with Crippen LogP contribution < -0.4 is 0 Å². The van der Waals surface area contributed by atoms with Crippen molar-refractivity contribution in [1.29, 1.82) is 5.26 Å². The molecule has 3 heteroatoms. The maximum absolute atomic E-state index is 10.3. The Hall–Kier alpha value is -1.04. The minimum absolute atomic E-state index is 0.161. The van der Waals surface area contributed by atoms with E-state index in [1.807, 2.05) is 13.0 Å². The first kappa shape index (κ1) is 16.4. The van der Waals surface area contributed by atoms with Crippen LogP contribution in [0.4, 0.5) is 0 Å². The third-order valence-electron chi connectivity index (χ3n) is 2.02. The molecule has 0 bridgehead atoms. The normalized spacial score (nSPS) is 10.8. The Morgan fingerprint density at radius 1 is 1.33 bits per heavy atom. The molecule has 1 unspecified atom stereocenters. The van der Waals surface area contributed by atoms with Crippen molar-refractivity contribution in [1.82, 2.24) is 0 Å². The van der Waals surface area contributed by atoms with Gasteiger partial charge in [0, 0.05) is 6.42 Å². The highest BCUT2D eigenvalue weighted by molar-refractivity contribution is 5.69. The lowest BCUT2D eigenvalue weighted by Crippen LogP contribution is -2.08. The minimum atomic E-state index is -0.670. The number of carboxylic acid groups (broad SMARTS) is 1. The molecule has 88 valence electrons. The SMILES string of the molecule is CCCC#N.CCCCCC(C)C(=O)O. The Bertz CT molecular complexity index is 185. The molecule has 0 saturated heterocycles. The Morgan fingerprint density at radius 3 is 2.20 bits per heavy atom. The topological polar surface area (TPSA) is 61.1 Å². The van der Waals surface area contributed by atoms with Crippen molar-refractivity contribution in [3.63, 3.8) is 0 Å². The second-order valence-electron chi connectivity index (χ2n) is 3.64. The molecule has 0 spiro atoms. The van der Waals surface area contributed by atoms with Crippen molar-refractivity contribution in [2.24, 2.45) is 5.92 Å². The second-order valence-corrected chi connectivity index (χ2v) is 3.64. The molecule has 0 radical (unpaired) electrons. The van der Waals surface area contributed by atoms with Crippen molar-refractivity contribution in [3.8, 4) is 6.07 Å².